The zero-order chi connectivity index (χ0) is 8.99. The van der Waals surface area contributed by atoms with E-state index in [9.17, 15) is 0 Å². The lowest BCUT2D eigenvalue weighted by Crippen LogP contribution is -1.55. The Balaban J connectivity index is -0.0000000750. The summed E-state index contributed by atoms with van der Waals surface area (Å²) in [7, 11) is 0. The number of hydrogen-bond donors (Lipinski definition) is 0. The van der Waals surface area contributed by atoms with Crippen molar-refractivity contribution in [2.24, 2.45) is 0 Å². The summed E-state index contributed by atoms with van der Waals surface area (Å²) in [6.07, 6.45) is 0. The van der Waals surface area contributed by atoms with Gasteiger partial charge in [-0.2, -0.15) is 5.26 Å². The average Bonchev–Trinajstić information content (AvgIpc) is 1.65. The van der Waals surface area contributed by atoms with E-state index in [4.69, 9.17) is 63.3 Å². The van der Waals surface area contributed by atoms with Gasteiger partial charge in [0.1, 0.15) is 0 Å². The Labute approximate surface area is 85.8 Å². The van der Waals surface area contributed by atoms with E-state index < -0.39 is 4.30 Å². The Morgan fingerprint density at radius 2 is 1.30 bits per heavy atom. The largest absolute Gasteiger partial charge is 0.199 e. The number of nitrogens with zero attached hydrogens (tertiary/aromatic N) is 1. The smallest absolute Gasteiger partial charge is 0.180 e. The molecule has 0 aromatic carbocycles. The monoisotopic (exact) mass is 243 g/mol. The van der Waals surface area contributed by atoms with Crippen LogP contribution in [0.15, 0.2) is 0 Å². The minimum Gasteiger partial charge on any atom is -0.199 e. The molecule has 0 aliphatic carbocycles. The lowest BCUT2D eigenvalue weighted by atomic mass is 11.0. The fraction of sp³-hybridized carbons (Fsp3) is 0.750. The van der Waals surface area contributed by atoms with E-state index >= 15 is 0 Å². The lowest BCUT2D eigenvalue weighted by molar-refractivity contribution is 1.49. The molecule has 0 heterocycles. The van der Waals surface area contributed by atoms with Gasteiger partial charge in [0.25, 0.3) is 0 Å². The molecular formula is C4H6Cl5N. The zero-order valence-electron chi connectivity index (χ0n) is 5.12. The van der Waals surface area contributed by atoms with Crippen LogP contribution in [0, 0.1) is 11.3 Å². The van der Waals surface area contributed by atoms with Crippen molar-refractivity contribution in [3.05, 3.63) is 0 Å². The third-order valence-corrected chi connectivity index (χ3v) is 0. The number of rotatable bonds is 0. The Hall–Kier alpha value is 0.940. The topological polar surface area (TPSA) is 23.8 Å². The molecule has 0 rings (SSSR count). The molecule has 10 heavy (non-hydrogen) atoms. The van der Waals surface area contributed by atoms with E-state index in [-0.39, 0.29) is 5.34 Å². The quantitative estimate of drug-likeness (QED) is 0.593. The highest BCUT2D eigenvalue weighted by Gasteiger charge is 1.78. The predicted molar refractivity (Wildman–Crippen MR) is 49.2 cm³/mol. The molecule has 0 aliphatic rings. The summed E-state index contributed by atoms with van der Waals surface area (Å²) >= 11 is 23.9. The second kappa shape index (κ2) is 22.5. The van der Waals surface area contributed by atoms with E-state index in [0.717, 1.165) is 0 Å². The van der Waals surface area contributed by atoms with Crippen molar-refractivity contribution in [2.75, 3.05) is 5.34 Å². The third-order valence-electron chi connectivity index (χ3n) is 0. The first-order valence-corrected chi connectivity index (χ1v) is 4.29. The van der Waals surface area contributed by atoms with Crippen LogP contribution in [0.25, 0.3) is 0 Å². The summed E-state index contributed by atoms with van der Waals surface area (Å²) in [5.41, 5.74) is 0. The molecule has 0 fully saturated rings. The van der Waals surface area contributed by atoms with Gasteiger partial charge in [-0.3, -0.25) is 0 Å². The summed E-state index contributed by atoms with van der Waals surface area (Å²) in [5.74, 6) is 0. The summed E-state index contributed by atoms with van der Waals surface area (Å²) < 4.78 is -0.750. The van der Waals surface area contributed by atoms with Gasteiger partial charge in [0.05, 0.1) is 11.4 Å². The van der Waals surface area contributed by atoms with Crippen molar-refractivity contribution < 1.29 is 0 Å². The standard InChI is InChI=1S/C2H3N.CHCl3.CH2Cl2/c1-2-3;2-1(3)4;2-1-3/h1H3;1H;1H2. The van der Waals surface area contributed by atoms with Crippen LogP contribution in [-0.2, 0) is 0 Å². The fourth-order valence-corrected chi connectivity index (χ4v) is 0. The van der Waals surface area contributed by atoms with Gasteiger partial charge in [-0.15, -0.1) is 23.2 Å². The molecule has 0 radical (unpaired) electrons. The lowest BCUT2D eigenvalue weighted by Gasteiger charge is -1.69. The highest BCUT2D eigenvalue weighted by molar-refractivity contribution is 6.63. The van der Waals surface area contributed by atoms with Gasteiger partial charge in [0.15, 0.2) is 4.30 Å². The van der Waals surface area contributed by atoms with Crippen LogP contribution >= 0.6 is 58.0 Å². The van der Waals surface area contributed by atoms with Crippen LogP contribution in [0.5, 0.6) is 0 Å². The molecule has 0 aliphatic heterocycles. The van der Waals surface area contributed by atoms with Crippen LogP contribution in [-0.4, -0.2) is 9.63 Å². The normalized spacial score (nSPS) is 6.20. The molecule has 0 unspecified atom stereocenters. The van der Waals surface area contributed by atoms with Crippen molar-refractivity contribution in [1.29, 1.82) is 5.26 Å². The van der Waals surface area contributed by atoms with E-state index in [1.54, 1.807) is 6.07 Å². The summed E-state index contributed by atoms with van der Waals surface area (Å²) in [6, 6.07) is 1.75. The maximum Gasteiger partial charge on any atom is 0.180 e. The molecule has 0 bridgehead atoms. The molecule has 0 aromatic heterocycles. The van der Waals surface area contributed by atoms with Crippen LogP contribution in [0.3, 0.4) is 0 Å². The minimum atomic E-state index is -0.750. The zero-order valence-corrected chi connectivity index (χ0v) is 8.90. The molecular weight excluding hydrogens is 239 g/mol. The molecule has 0 saturated heterocycles. The van der Waals surface area contributed by atoms with Crippen LogP contribution in [0.2, 0.25) is 0 Å². The second-order valence-corrected chi connectivity index (χ2v) is 3.36. The van der Waals surface area contributed by atoms with Crippen molar-refractivity contribution in [3.8, 4) is 6.07 Å². The van der Waals surface area contributed by atoms with Gasteiger partial charge < -0.3 is 0 Å². The molecule has 62 valence electrons. The highest BCUT2D eigenvalue weighted by atomic mass is 35.6. The summed E-state index contributed by atoms with van der Waals surface area (Å²) in [5, 5.41) is 7.51. The average molecular weight is 245 g/mol. The number of hydrogen-bond acceptors (Lipinski definition) is 1. The predicted octanol–water partition coefficient (Wildman–Crippen LogP) is 3.94. The number of halogens is 5. The van der Waals surface area contributed by atoms with Gasteiger partial charge in [-0.1, -0.05) is 34.8 Å². The first-order chi connectivity index (χ1) is 4.56. The number of nitriles is 1. The summed E-state index contributed by atoms with van der Waals surface area (Å²) in [4.78, 5) is 0. The minimum absolute atomic E-state index is 0.194. The maximum atomic E-state index is 7.32. The molecule has 0 aromatic rings. The second-order valence-electron chi connectivity index (χ2n) is 0.572. The molecule has 6 heteroatoms. The van der Waals surface area contributed by atoms with Gasteiger partial charge in [0.2, 0.25) is 0 Å². The van der Waals surface area contributed by atoms with E-state index in [1.165, 1.54) is 6.92 Å². The Morgan fingerprint density at radius 3 is 1.30 bits per heavy atom. The first-order valence-electron chi connectivity index (χ1n) is 1.91. The summed E-state index contributed by atoms with van der Waals surface area (Å²) in [6.45, 7) is 1.43. The van der Waals surface area contributed by atoms with E-state index in [2.05, 4.69) is 0 Å². The van der Waals surface area contributed by atoms with Gasteiger partial charge in [0, 0.05) is 6.92 Å². The Morgan fingerprint density at radius 1 is 1.30 bits per heavy atom. The van der Waals surface area contributed by atoms with Crippen LogP contribution < -0.4 is 0 Å². The SMILES string of the molecule is CC#N.ClC(Cl)Cl.ClCCl. The fourth-order valence-electron chi connectivity index (χ4n) is 0. The van der Waals surface area contributed by atoms with Crippen LogP contribution in [0.1, 0.15) is 6.92 Å². The van der Waals surface area contributed by atoms with Crippen molar-refractivity contribution >= 4 is 58.0 Å². The number of alkyl halides is 5. The molecule has 0 atom stereocenters. The molecule has 0 spiro atoms. The van der Waals surface area contributed by atoms with Crippen LogP contribution in [0.4, 0.5) is 0 Å². The molecule has 1 nitrogen and oxygen atoms in total. The highest BCUT2D eigenvalue weighted by Crippen LogP contribution is 2.03. The molecule has 0 saturated carbocycles. The van der Waals surface area contributed by atoms with Crippen molar-refractivity contribution in [1.82, 2.24) is 0 Å². The molecule has 0 N–H and O–H groups in total. The molecule has 0 amide bonds. The van der Waals surface area contributed by atoms with Crippen molar-refractivity contribution in [3.63, 3.8) is 0 Å². The first kappa shape index (κ1) is 17.1. The van der Waals surface area contributed by atoms with Gasteiger partial charge in [-0.25, -0.2) is 0 Å². The Bertz CT molecular complexity index is 65.8. The van der Waals surface area contributed by atoms with E-state index in [0.29, 0.717) is 0 Å². The van der Waals surface area contributed by atoms with E-state index in [1.807, 2.05) is 0 Å². The third kappa shape index (κ3) is 638. The maximum absolute atomic E-state index is 7.32. The van der Waals surface area contributed by atoms with Gasteiger partial charge in [-0.05, 0) is 0 Å². The van der Waals surface area contributed by atoms with Gasteiger partial charge >= 0.3 is 0 Å². The van der Waals surface area contributed by atoms with Crippen molar-refractivity contribution in [2.45, 2.75) is 11.2 Å². The Kier molecular flexibility index (Phi) is 38.6.